The van der Waals surface area contributed by atoms with E-state index in [0.29, 0.717) is 16.1 Å². The second-order valence-corrected chi connectivity index (χ2v) is 8.84. The summed E-state index contributed by atoms with van der Waals surface area (Å²) in [6.45, 7) is 8.39. The molecule has 2 unspecified atom stereocenters. The van der Waals surface area contributed by atoms with Gasteiger partial charge in [0.05, 0.1) is 4.88 Å². The molecule has 0 spiro atoms. The molecule has 2 amide bonds. The molecular formula is C22H26N2O5S. The van der Waals surface area contributed by atoms with E-state index >= 15 is 0 Å². The van der Waals surface area contributed by atoms with E-state index in [2.05, 4.69) is 10.6 Å². The Labute approximate surface area is 179 Å². The van der Waals surface area contributed by atoms with Crippen molar-refractivity contribution in [3.05, 3.63) is 52.2 Å². The Kier molecular flexibility index (Phi) is 7.50. The van der Waals surface area contributed by atoms with Crippen LogP contribution in [0, 0.1) is 5.41 Å². The molecule has 0 radical (unpaired) electrons. The molecule has 1 heterocycles. The minimum atomic E-state index is -1.02. The molecule has 0 fully saturated rings. The molecule has 30 heavy (non-hydrogen) atoms. The maximum Gasteiger partial charge on any atom is 0.329 e. The SMILES string of the molecule is CC(NC(=O)c1cccs1)C(=O)OC(C)C(=O)c1ccc(NC(=O)C(C)(C)C)cc1. The fourth-order valence-electron chi connectivity index (χ4n) is 2.34. The number of amides is 2. The minimum absolute atomic E-state index is 0.137. The molecular weight excluding hydrogens is 404 g/mol. The van der Waals surface area contributed by atoms with E-state index in [1.54, 1.807) is 62.5 Å². The van der Waals surface area contributed by atoms with Crippen LogP contribution in [0.2, 0.25) is 0 Å². The quantitative estimate of drug-likeness (QED) is 0.516. The van der Waals surface area contributed by atoms with Gasteiger partial charge >= 0.3 is 5.97 Å². The zero-order chi connectivity index (χ0) is 22.5. The van der Waals surface area contributed by atoms with Crippen LogP contribution in [0.1, 0.15) is 54.6 Å². The summed E-state index contributed by atoms with van der Waals surface area (Å²) < 4.78 is 5.22. The van der Waals surface area contributed by atoms with Crippen LogP contribution in [0.3, 0.4) is 0 Å². The molecule has 2 N–H and O–H groups in total. The summed E-state index contributed by atoms with van der Waals surface area (Å²) >= 11 is 1.26. The second-order valence-electron chi connectivity index (χ2n) is 7.90. The van der Waals surface area contributed by atoms with Gasteiger partial charge in [-0.2, -0.15) is 0 Å². The maximum atomic E-state index is 12.6. The monoisotopic (exact) mass is 430 g/mol. The number of ketones is 1. The highest BCUT2D eigenvalue weighted by molar-refractivity contribution is 7.12. The molecule has 0 saturated heterocycles. The van der Waals surface area contributed by atoms with Gasteiger partial charge in [0.2, 0.25) is 11.7 Å². The normalized spacial score (nSPS) is 13.1. The van der Waals surface area contributed by atoms with Crippen molar-refractivity contribution in [2.24, 2.45) is 5.41 Å². The molecule has 1 aromatic heterocycles. The van der Waals surface area contributed by atoms with Crippen LogP contribution < -0.4 is 10.6 Å². The fourth-order valence-corrected chi connectivity index (χ4v) is 2.96. The highest BCUT2D eigenvalue weighted by Crippen LogP contribution is 2.18. The molecule has 8 heteroatoms. The summed E-state index contributed by atoms with van der Waals surface area (Å²) in [5.41, 5.74) is 0.382. The van der Waals surface area contributed by atoms with Crippen LogP contribution >= 0.6 is 11.3 Å². The number of ether oxygens (including phenoxy) is 1. The molecule has 0 bridgehead atoms. The minimum Gasteiger partial charge on any atom is -0.453 e. The lowest BCUT2D eigenvalue weighted by atomic mass is 9.95. The number of carbonyl (C=O) groups is 4. The number of rotatable bonds is 7. The third-order valence-corrected chi connectivity index (χ3v) is 5.09. The van der Waals surface area contributed by atoms with Crippen molar-refractivity contribution < 1.29 is 23.9 Å². The van der Waals surface area contributed by atoms with Gasteiger partial charge in [0.1, 0.15) is 6.04 Å². The average Bonchev–Trinajstić information content (AvgIpc) is 3.22. The first-order valence-electron chi connectivity index (χ1n) is 9.49. The van der Waals surface area contributed by atoms with Gasteiger partial charge in [-0.25, -0.2) is 4.79 Å². The van der Waals surface area contributed by atoms with Crippen LogP contribution in [-0.2, 0) is 14.3 Å². The third kappa shape index (κ3) is 6.25. The van der Waals surface area contributed by atoms with Crippen LogP contribution in [0.4, 0.5) is 5.69 Å². The summed E-state index contributed by atoms with van der Waals surface area (Å²) in [7, 11) is 0. The number of thiophene rings is 1. The highest BCUT2D eigenvalue weighted by atomic mass is 32.1. The van der Waals surface area contributed by atoms with Crippen molar-refractivity contribution in [1.82, 2.24) is 5.32 Å². The van der Waals surface area contributed by atoms with Gasteiger partial charge in [-0.1, -0.05) is 26.8 Å². The Hall–Kier alpha value is -3.00. The van der Waals surface area contributed by atoms with Crippen molar-refractivity contribution in [3.8, 4) is 0 Å². The molecule has 1 aromatic carbocycles. The summed E-state index contributed by atoms with van der Waals surface area (Å²) in [5.74, 6) is -1.59. The first-order chi connectivity index (χ1) is 14.0. The Bertz CT molecular complexity index is 914. The average molecular weight is 431 g/mol. The zero-order valence-electron chi connectivity index (χ0n) is 17.6. The van der Waals surface area contributed by atoms with Gasteiger partial charge in [0.25, 0.3) is 5.91 Å². The van der Waals surface area contributed by atoms with E-state index in [1.165, 1.54) is 25.2 Å². The molecule has 2 atom stereocenters. The van der Waals surface area contributed by atoms with Crippen LogP contribution in [0.25, 0.3) is 0 Å². The number of carbonyl (C=O) groups excluding carboxylic acids is 4. The summed E-state index contributed by atoms with van der Waals surface area (Å²) in [6.07, 6.45) is -1.02. The lowest BCUT2D eigenvalue weighted by molar-refractivity contribution is -0.148. The van der Waals surface area contributed by atoms with Crippen LogP contribution in [0.5, 0.6) is 0 Å². The lowest BCUT2D eigenvalue weighted by Crippen LogP contribution is -2.41. The van der Waals surface area contributed by atoms with E-state index in [1.807, 2.05) is 0 Å². The molecule has 160 valence electrons. The van der Waals surface area contributed by atoms with Gasteiger partial charge in [-0.3, -0.25) is 14.4 Å². The number of hydrogen-bond acceptors (Lipinski definition) is 6. The smallest absolute Gasteiger partial charge is 0.329 e. The van der Waals surface area contributed by atoms with Gasteiger partial charge in [-0.15, -0.1) is 11.3 Å². The van der Waals surface area contributed by atoms with Crippen molar-refractivity contribution in [2.45, 2.75) is 46.8 Å². The van der Waals surface area contributed by atoms with Crippen LogP contribution in [-0.4, -0.2) is 35.7 Å². The van der Waals surface area contributed by atoms with E-state index in [0.717, 1.165) is 0 Å². The second kappa shape index (κ2) is 9.67. The first-order valence-corrected chi connectivity index (χ1v) is 10.4. The van der Waals surface area contributed by atoms with Crippen molar-refractivity contribution >= 4 is 40.6 Å². The van der Waals surface area contributed by atoms with Crippen molar-refractivity contribution in [2.75, 3.05) is 5.32 Å². The Balaban J connectivity index is 1.92. The molecule has 0 aliphatic carbocycles. The first kappa shape index (κ1) is 23.3. The molecule has 0 aliphatic heterocycles. The van der Waals surface area contributed by atoms with Crippen molar-refractivity contribution in [1.29, 1.82) is 0 Å². The Morgan fingerprint density at radius 2 is 1.63 bits per heavy atom. The number of esters is 1. The number of benzene rings is 1. The number of hydrogen-bond donors (Lipinski definition) is 2. The maximum absolute atomic E-state index is 12.6. The Morgan fingerprint density at radius 1 is 1.00 bits per heavy atom. The van der Waals surface area contributed by atoms with Crippen molar-refractivity contribution in [3.63, 3.8) is 0 Å². The van der Waals surface area contributed by atoms with Gasteiger partial charge in [-0.05, 0) is 49.6 Å². The third-order valence-electron chi connectivity index (χ3n) is 4.22. The van der Waals surface area contributed by atoms with E-state index in [4.69, 9.17) is 4.74 Å². The molecule has 0 aliphatic rings. The Morgan fingerprint density at radius 3 is 2.17 bits per heavy atom. The summed E-state index contributed by atoms with van der Waals surface area (Å²) in [4.78, 5) is 49.3. The highest BCUT2D eigenvalue weighted by Gasteiger charge is 2.25. The van der Waals surface area contributed by atoms with Gasteiger partial charge < -0.3 is 15.4 Å². The molecule has 2 rings (SSSR count). The van der Waals surface area contributed by atoms with E-state index in [-0.39, 0.29) is 17.6 Å². The predicted molar refractivity (Wildman–Crippen MR) is 116 cm³/mol. The zero-order valence-corrected chi connectivity index (χ0v) is 18.5. The molecule has 0 saturated carbocycles. The number of anilines is 1. The predicted octanol–water partition coefficient (Wildman–Crippen LogP) is 3.67. The van der Waals surface area contributed by atoms with Gasteiger partial charge in [0, 0.05) is 16.7 Å². The lowest BCUT2D eigenvalue weighted by Gasteiger charge is -2.18. The standard InChI is InChI=1S/C22H26N2O5S/c1-13(23-19(26)17-7-6-12-30-17)20(27)29-14(2)18(25)15-8-10-16(11-9-15)24-21(28)22(3,4)5/h6-14H,1-5H3,(H,23,26)(H,24,28). The topological polar surface area (TPSA) is 102 Å². The number of Topliss-reactive ketones (excluding diaryl/α,β-unsaturated/α-hetero) is 1. The van der Waals surface area contributed by atoms with E-state index < -0.39 is 23.5 Å². The molecule has 2 aromatic rings. The van der Waals surface area contributed by atoms with Gasteiger partial charge in [0.15, 0.2) is 6.10 Å². The summed E-state index contributed by atoms with van der Waals surface area (Å²) in [6, 6.07) is 8.86. The molecule has 7 nitrogen and oxygen atoms in total. The summed E-state index contributed by atoms with van der Waals surface area (Å²) in [5, 5.41) is 7.09. The largest absolute Gasteiger partial charge is 0.453 e. The number of nitrogens with one attached hydrogen (secondary N) is 2. The van der Waals surface area contributed by atoms with Crippen LogP contribution in [0.15, 0.2) is 41.8 Å². The fraction of sp³-hybridized carbons (Fsp3) is 0.364. The van der Waals surface area contributed by atoms with E-state index in [9.17, 15) is 19.2 Å².